The second-order valence-electron chi connectivity index (χ2n) is 12.4. The normalized spacial score (nSPS) is 37.2. The van der Waals surface area contributed by atoms with Gasteiger partial charge in [0.2, 0.25) is 0 Å². The lowest BCUT2D eigenvalue weighted by Crippen LogP contribution is -2.43. The third-order valence-corrected chi connectivity index (χ3v) is 9.20. The summed E-state index contributed by atoms with van der Waals surface area (Å²) in [7, 11) is 0. The van der Waals surface area contributed by atoms with Crippen LogP contribution in [0.5, 0.6) is 0 Å². The quantitative estimate of drug-likeness (QED) is 0.244. The monoisotopic (exact) mass is 616 g/mol. The Balaban J connectivity index is 0.000000151. The Hall–Kier alpha value is -3.96. The smallest absolute Gasteiger partial charge is 0.330 e. The molecule has 6 bridgehead atoms. The third-order valence-electron chi connectivity index (χ3n) is 9.20. The predicted molar refractivity (Wildman–Crippen MR) is 151 cm³/mol. The van der Waals surface area contributed by atoms with E-state index >= 15 is 0 Å². The van der Waals surface area contributed by atoms with Crippen LogP contribution in [0.3, 0.4) is 0 Å². The number of rotatable bonds is 6. The van der Waals surface area contributed by atoms with Gasteiger partial charge in [0, 0.05) is 37.5 Å². The second kappa shape index (κ2) is 13.4. The van der Waals surface area contributed by atoms with Crippen molar-refractivity contribution in [3.63, 3.8) is 0 Å². The van der Waals surface area contributed by atoms with Gasteiger partial charge in [0.1, 0.15) is 36.1 Å². The Morgan fingerprint density at radius 3 is 1.95 bits per heavy atom. The first-order chi connectivity index (χ1) is 20.8. The first-order valence-electron chi connectivity index (χ1n) is 14.9. The van der Waals surface area contributed by atoms with E-state index < -0.39 is 23.5 Å². The van der Waals surface area contributed by atoms with Crippen LogP contribution >= 0.6 is 0 Å². The zero-order valence-electron chi connectivity index (χ0n) is 25.2. The van der Waals surface area contributed by atoms with Crippen molar-refractivity contribution in [1.82, 2.24) is 0 Å². The Morgan fingerprint density at radius 1 is 0.727 bits per heavy atom. The van der Waals surface area contributed by atoms with E-state index in [1.165, 1.54) is 0 Å². The Morgan fingerprint density at radius 2 is 1.32 bits per heavy atom. The van der Waals surface area contributed by atoms with Gasteiger partial charge in [0.15, 0.2) is 0 Å². The number of hydrogen-bond acceptors (Lipinski definition) is 12. The molecule has 9 atom stereocenters. The molecule has 3 heterocycles. The molecule has 6 fully saturated rings. The van der Waals surface area contributed by atoms with Crippen LogP contribution < -0.4 is 0 Å². The summed E-state index contributed by atoms with van der Waals surface area (Å²) >= 11 is 0. The van der Waals surface area contributed by atoms with E-state index in [0.717, 1.165) is 37.5 Å². The lowest BCUT2D eigenvalue weighted by Gasteiger charge is -2.34. The van der Waals surface area contributed by atoms with Crippen molar-refractivity contribution in [2.24, 2.45) is 17.3 Å². The maximum Gasteiger partial charge on any atom is 0.330 e. The van der Waals surface area contributed by atoms with E-state index in [1.807, 2.05) is 13.8 Å². The highest BCUT2D eigenvalue weighted by Gasteiger charge is 2.54. The molecule has 0 spiro atoms. The lowest BCUT2D eigenvalue weighted by molar-refractivity contribution is -0.169. The van der Waals surface area contributed by atoms with Crippen LogP contribution in [0.25, 0.3) is 0 Å². The number of hydrogen-bond donors (Lipinski definition) is 0. The van der Waals surface area contributed by atoms with E-state index in [-0.39, 0.29) is 65.7 Å². The lowest BCUT2D eigenvalue weighted by atomic mass is 9.76. The molecule has 3 saturated carbocycles. The molecule has 0 N–H and O–H groups in total. The van der Waals surface area contributed by atoms with Gasteiger partial charge in [-0.25, -0.2) is 14.4 Å². The fraction of sp³-hybridized carbons (Fsp3) is 0.625. The van der Waals surface area contributed by atoms with Crippen LogP contribution in [0, 0.1) is 17.3 Å². The maximum absolute atomic E-state index is 11.5. The topological polar surface area (TPSA) is 158 Å². The average Bonchev–Trinajstić information content (AvgIpc) is 3.53. The van der Waals surface area contributed by atoms with Gasteiger partial charge in [-0.15, -0.1) is 0 Å². The van der Waals surface area contributed by atoms with Gasteiger partial charge in [0.05, 0.1) is 17.3 Å². The van der Waals surface area contributed by atoms with Crippen LogP contribution in [0.1, 0.15) is 71.6 Å². The van der Waals surface area contributed by atoms with Gasteiger partial charge in [-0.1, -0.05) is 19.7 Å². The highest BCUT2D eigenvalue weighted by Crippen LogP contribution is 2.46. The fourth-order valence-electron chi connectivity index (χ4n) is 6.63. The van der Waals surface area contributed by atoms with Crippen molar-refractivity contribution in [3.05, 3.63) is 38.0 Å². The van der Waals surface area contributed by atoms with E-state index in [9.17, 15) is 28.8 Å². The van der Waals surface area contributed by atoms with Gasteiger partial charge >= 0.3 is 35.8 Å². The van der Waals surface area contributed by atoms with Gasteiger partial charge in [-0.05, 0) is 52.4 Å². The highest BCUT2D eigenvalue weighted by molar-refractivity contribution is 5.83. The van der Waals surface area contributed by atoms with Gasteiger partial charge in [-0.2, -0.15) is 0 Å². The minimum absolute atomic E-state index is 0.00585. The van der Waals surface area contributed by atoms with Crippen LogP contribution in [0.4, 0.5) is 0 Å². The molecule has 0 aromatic rings. The van der Waals surface area contributed by atoms with Crippen molar-refractivity contribution in [2.45, 2.75) is 108 Å². The number of carbonyl (C=O) groups excluding carboxylic acids is 6. The van der Waals surface area contributed by atoms with E-state index in [1.54, 1.807) is 0 Å². The van der Waals surface area contributed by atoms with Crippen molar-refractivity contribution < 1.29 is 57.2 Å². The van der Waals surface area contributed by atoms with Crippen molar-refractivity contribution in [3.8, 4) is 0 Å². The van der Waals surface area contributed by atoms with Crippen molar-refractivity contribution in [1.29, 1.82) is 0 Å². The SMILES string of the molecule is C=CC(=O)OC1CCC2(C)CC1OC2=O.C=CC(=O)OC1CCC2CC1(C)OC2=O.C=CC(=O)OC1CCC2CC1OC2=O. The molecule has 44 heavy (non-hydrogen) atoms. The number of esters is 6. The van der Waals surface area contributed by atoms with Crippen LogP contribution in [0.15, 0.2) is 38.0 Å². The summed E-state index contributed by atoms with van der Waals surface area (Å²) in [5, 5.41) is 0. The van der Waals surface area contributed by atoms with E-state index in [0.29, 0.717) is 38.5 Å². The first kappa shape index (κ1) is 32.9. The second-order valence-corrected chi connectivity index (χ2v) is 12.4. The van der Waals surface area contributed by atoms with Gasteiger partial charge in [0.25, 0.3) is 0 Å². The van der Waals surface area contributed by atoms with Crippen molar-refractivity contribution in [2.75, 3.05) is 0 Å². The number of fused-ring (bicyclic) bond motifs is 6. The number of ether oxygens (including phenoxy) is 6. The summed E-state index contributed by atoms with van der Waals surface area (Å²) in [5.41, 5.74) is -0.986. The van der Waals surface area contributed by atoms with Crippen LogP contribution in [0.2, 0.25) is 0 Å². The Bertz CT molecular complexity index is 1220. The molecule has 0 amide bonds. The molecule has 0 aromatic carbocycles. The summed E-state index contributed by atoms with van der Waals surface area (Å²) in [4.78, 5) is 67.1. The Kier molecular flexibility index (Phi) is 10.00. The Labute approximate surface area is 256 Å². The summed E-state index contributed by atoms with van der Waals surface area (Å²) in [6.45, 7) is 13.7. The molecule has 6 aliphatic rings. The standard InChI is InChI=1S/2C11H14O4.C10H12O4/c1-3-9(12)14-7-4-5-11(2)6-8(7)15-10(11)13;1-3-9(12)14-8-5-4-7-6-11(8,2)15-10(7)13;1-2-9(11)13-7-4-3-6-5-8(7)14-10(6)12/h2*3,7-8H,1,4-6H2,2H3;2,6-8H,1,3-5H2. The maximum atomic E-state index is 11.5. The molecule has 0 aromatic heterocycles. The predicted octanol–water partition coefficient (Wildman–Crippen LogP) is 3.21. The van der Waals surface area contributed by atoms with Crippen LogP contribution in [-0.2, 0) is 57.2 Å². The average molecular weight is 617 g/mol. The molecule has 9 unspecified atom stereocenters. The minimum atomic E-state index is -0.626. The zero-order chi connectivity index (χ0) is 32.2. The molecule has 240 valence electrons. The summed E-state index contributed by atoms with van der Waals surface area (Å²) in [6, 6.07) is 0. The molecular formula is C32H40O12. The van der Waals surface area contributed by atoms with E-state index in [4.69, 9.17) is 28.4 Å². The fourth-order valence-corrected chi connectivity index (χ4v) is 6.63. The zero-order valence-corrected chi connectivity index (χ0v) is 25.2. The molecule has 3 aliphatic heterocycles. The molecule has 12 nitrogen and oxygen atoms in total. The highest BCUT2D eigenvalue weighted by atomic mass is 16.6. The van der Waals surface area contributed by atoms with Crippen LogP contribution in [-0.4, -0.2) is 71.9 Å². The molecule has 0 radical (unpaired) electrons. The van der Waals surface area contributed by atoms with Gasteiger partial charge in [-0.3, -0.25) is 14.4 Å². The molecule has 3 saturated heterocycles. The molecular weight excluding hydrogens is 576 g/mol. The number of carbonyl (C=O) groups is 6. The summed E-state index contributed by atoms with van der Waals surface area (Å²) in [5.74, 6) is -1.80. The third kappa shape index (κ3) is 7.22. The van der Waals surface area contributed by atoms with Gasteiger partial charge < -0.3 is 28.4 Å². The first-order valence-corrected chi connectivity index (χ1v) is 14.9. The minimum Gasteiger partial charge on any atom is -0.458 e. The molecule has 3 aliphatic carbocycles. The largest absolute Gasteiger partial charge is 0.458 e. The van der Waals surface area contributed by atoms with Crippen molar-refractivity contribution >= 4 is 35.8 Å². The van der Waals surface area contributed by atoms with E-state index in [2.05, 4.69) is 19.7 Å². The molecule has 12 heteroatoms. The molecule has 6 rings (SSSR count). The summed E-state index contributed by atoms with van der Waals surface area (Å²) < 4.78 is 31.0. The summed E-state index contributed by atoms with van der Waals surface area (Å²) in [6.07, 6.45) is 8.29.